The lowest BCUT2D eigenvalue weighted by atomic mass is 10.2. The van der Waals surface area contributed by atoms with Crippen molar-refractivity contribution in [2.45, 2.75) is 31.8 Å². The van der Waals surface area contributed by atoms with Crippen LogP contribution in [-0.4, -0.2) is 31.7 Å². The Morgan fingerprint density at radius 2 is 2.31 bits per heavy atom. The molecule has 3 heteroatoms. The minimum Gasteiger partial charge on any atom is -0.378 e. The largest absolute Gasteiger partial charge is 0.378 e. The first-order chi connectivity index (χ1) is 6.35. The van der Waals surface area contributed by atoms with E-state index in [1.807, 2.05) is 0 Å². The SMILES string of the molecule is SCC1(COCC2CCCO2)CC1. The van der Waals surface area contributed by atoms with Crippen LogP contribution in [0.5, 0.6) is 0 Å². The molecule has 2 aliphatic rings. The molecule has 1 heterocycles. The Labute approximate surface area is 85.4 Å². The van der Waals surface area contributed by atoms with Crippen LogP contribution in [0.1, 0.15) is 25.7 Å². The van der Waals surface area contributed by atoms with Gasteiger partial charge in [0.05, 0.1) is 19.3 Å². The van der Waals surface area contributed by atoms with E-state index in [0.717, 1.165) is 25.6 Å². The van der Waals surface area contributed by atoms with Crippen molar-refractivity contribution < 1.29 is 9.47 Å². The molecule has 0 N–H and O–H groups in total. The highest BCUT2D eigenvalue weighted by molar-refractivity contribution is 7.80. The van der Waals surface area contributed by atoms with E-state index in [4.69, 9.17) is 9.47 Å². The summed E-state index contributed by atoms with van der Waals surface area (Å²) < 4.78 is 11.1. The van der Waals surface area contributed by atoms with E-state index in [9.17, 15) is 0 Å². The lowest BCUT2D eigenvalue weighted by Gasteiger charge is -2.14. The second-order valence-electron chi connectivity index (χ2n) is 4.31. The van der Waals surface area contributed by atoms with Crippen LogP contribution < -0.4 is 0 Å². The molecule has 1 atom stereocenters. The molecule has 0 spiro atoms. The van der Waals surface area contributed by atoms with Gasteiger partial charge in [-0.1, -0.05) is 0 Å². The minimum absolute atomic E-state index is 0.371. The predicted molar refractivity (Wildman–Crippen MR) is 55.3 cm³/mol. The van der Waals surface area contributed by atoms with Gasteiger partial charge in [0, 0.05) is 12.0 Å². The topological polar surface area (TPSA) is 18.5 Å². The van der Waals surface area contributed by atoms with Gasteiger partial charge in [-0.2, -0.15) is 12.6 Å². The maximum Gasteiger partial charge on any atom is 0.0809 e. The van der Waals surface area contributed by atoms with E-state index in [2.05, 4.69) is 12.6 Å². The molecule has 1 unspecified atom stereocenters. The Balaban J connectivity index is 1.58. The molecule has 0 radical (unpaired) electrons. The van der Waals surface area contributed by atoms with Crippen molar-refractivity contribution >= 4 is 12.6 Å². The van der Waals surface area contributed by atoms with E-state index in [1.165, 1.54) is 25.7 Å². The first kappa shape index (κ1) is 9.81. The van der Waals surface area contributed by atoms with Crippen LogP contribution >= 0.6 is 12.6 Å². The van der Waals surface area contributed by atoms with Crippen molar-refractivity contribution in [3.8, 4) is 0 Å². The fourth-order valence-electron chi connectivity index (χ4n) is 1.71. The van der Waals surface area contributed by atoms with Gasteiger partial charge >= 0.3 is 0 Å². The first-order valence-corrected chi connectivity index (χ1v) is 5.78. The van der Waals surface area contributed by atoms with E-state index >= 15 is 0 Å². The van der Waals surface area contributed by atoms with Crippen molar-refractivity contribution in [1.82, 2.24) is 0 Å². The molecule has 0 bridgehead atoms. The van der Waals surface area contributed by atoms with Gasteiger partial charge in [-0.25, -0.2) is 0 Å². The van der Waals surface area contributed by atoms with Gasteiger partial charge in [-0.3, -0.25) is 0 Å². The normalized spacial score (nSPS) is 30.7. The lowest BCUT2D eigenvalue weighted by molar-refractivity contribution is 0.00438. The Hall–Kier alpha value is 0.270. The summed E-state index contributed by atoms with van der Waals surface area (Å²) in [6.45, 7) is 2.59. The minimum atomic E-state index is 0.371. The van der Waals surface area contributed by atoms with Crippen LogP contribution in [0, 0.1) is 5.41 Å². The van der Waals surface area contributed by atoms with Gasteiger partial charge < -0.3 is 9.47 Å². The molecular weight excluding hydrogens is 184 g/mol. The quantitative estimate of drug-likeness (QED) is 0.686. The third-order valence-corrected chi connectivity index (χ3v) is 3.70. The van der Waals surface area contributed by atoms with Gasteiger partial charge in [-0.05, 0) is 31.4 Å². The number of hydrogen-bond donors (Lipinski definition) is 1. The van der Waals surface area contributed by atoms with Gasteiger partial charge in [0.2, 0.25) is 0 Å². The third-order valence-electron chi connectivity index (χ3n) is 3.03. The molecule has 76 valence electrons. The summed E-state index contributed by atoms with van der Waals surface area (Å²) in [6, 6.07) is 0. The van der Waals surface area contributed by atoms with Crippen LogP contribution in [0.2, 0.25) is 0 Å². The second kappa shape index (κ2) is 4.20. The average Bonchev–Trinajstić information content (AvgIpc) is 2.74. The summed E-state index contributed by atoms with van der Waals surface area (Å²) in [5.74, 6) is 0.971. The molecule has 1 saturated carbocycles. The molecule has 0 aromatic carbocycles. The molecule has 2 rings (SSSR count). The highest BCUT2D eigenvalue weighted by Gasteiger charge is 2.41. The summed E-state index contributed by atoms with van der Waals surface area (Å²) in [5.41, 5.74) is 0.432. The molecule has 1 aliphatic carbocycles. The van der Waals surface area contributed by atoms with Crippen LogP contribution in [0.4, 0.5) is 0 Å². The summed E-state index contributed by atoms with van der Waals surface area (Å²) in [7, 11) is 0. The third kappa shape index (κ3) is 2.61. The molecule has 2 nitrogen and oxygen atoms in total. The van der Waals surface area contributed by atoms with Crippen molar-refractivity contribution in [2.24, 2.45) is 5.41 Å². The lowest BCUT2D eigenvalue weighted by Crippen LogP contribution is -2.19. The molecular formula is C10H18O2S. The number of ether oxygens (including phenoxy) is 2. The Morgan fingerprint density at radius 1 is 1.46 bits per heavy atom. The number of thiol groups is 1. The van der Waals surface area contributed by atoms with Crippen molar-refractivity contribution in [2.75, 3.05) is 25.6 Å². The Bertz CT molecular complexity index is 162. The van der Waals surface area contributed by atoms with E-state index in [0.29, 0.717) is 11.5 Å². The smallest absolute Gasteiger partial charge is 0.0809 e. The summed E-state index contributed by atoms with van der Waals surface area (Å²) in [5, 5.41) is 0. The maximum atomic E-state index is 5.66. The molecule has 0 aromatic rings. The maximum absolute atomic E-state index is 5.66. The molecule has 1 aliphatic heterocycles. The summed E-state index contributed by atoms with van der Waals surface area (Å²) in [6.07, 6.45) is 5.33. The van der Waals surface area contributed by atoms with E-state index < -0.39 is 0 Å². The summed E-state index contributed by atoms with van der Waals surface area (Å²) >= 11 is 4.34. The molecule has 0 aromatic heterocycles. The van der Waals surface area contributed by atoms with Crippen LogP contribution in [0.15, 0.2) is 0 Å². The fraction of sp³-hybridized carbons (Fsp3) is 1.00. The average molecular weight is 202 g/mol. The molecule has 1 saturated heterocycles. The van der Waals surface area contributed by atoms with Crippen LogP contribution in [-0.2, 0) is 9.47 Å². The molecule has 13 heavy (non-hydrogen) atoms. The Morgan fingerprint density at radius 3 is 2.85 bits per heavy atom. The molecule has 2 fully saturated rings. The number of rotatable bonds is 5. The second-order valence-corrected chi connectivity index (χ2v) is 4.62. The zero-order valence-corrected chi connectivity index (χ0v) is 8.89. The van der Waals surface area contributed by atoms with Crippen LogP contribution in [0.3, 0.4) is 0 Å². The monoisotopic (exact) mass is 202 g/mol. The zero-order valence-electron chi connectivity index (χ0n) is 8.00. The molecule has 0 amide bonds. The predicted octanol–water partition coefficient (Wildman–Crippen LogP) is 1.89. The van der Waals surface area contributed by atoms with E-state index in [1.54, 1.807) is 0 Å². The highest BCUT2D eigenvalue weighted by atomic mass is 32.1. The first-order valence-electron chi connectivity index (χ1n) is 5.15. The van der Waals surface area contributed by atoms with Crippen molar-refractivity contribution in [3.05, 3.63) is 0 Å². The van der Waals surface area contributed by atoms with Gasteiger partial charge in [-0.15, -0.1) is 0 Å². The standard InChI is InChI=1S/C10H18O2S/c13-8-10(3-4-10)7-11-6-9-2-1-5-12-9/h9,13H,1-8H2. The van der Waals surface area contributed by atoms with Gasteiger partial charge in [0.15, 0.2) is 0 Å². The fourth-order valence-corrected chi connectivity index (χ4v) is 2.12. The van der Waals surface area contributed by atoms with Crippen LogP contribution in [0.25, 0.3) is 0 Å². The van der Waals surface area contributed by atoms with Gasteiger partial charge in [0.1, 0.15) is 0 Å². The summed E-state index contributed by atoms with van der Waals surface area (Å²) in [4.78, 5) is 0. The zero-order chi connectivity index (χ0) is 9.15. The van der Waals surface area contributed by atoms with E-state index in [-0.39, 0.29) is 0 Å². The Kier molecular flexibility index (Phi) is 3.17. The van der Waals surface area contributed by atoms with Crippen molar-refractivity contribution in [1.29, 1.82) is 0 Å². The van der Waals surface area contributed by atoms with Gasteiger partial charge in [0.25, 0.3) is 0 Å². The highest BCUT2D eigenvalue weighted by Crippen LogP contribution is 2.46. The number of hydrogen-bond acceptors (Lipinski definition) is 3. The van der Waals surface area contributed by atoms with Crippen molar-refractivity contribution in [3.63, 3.8) is 0 Å².